The molecule has 0 aliphatic rings. The molecule has 5 heteroatoms. The number of pyridine rings is 1. The molecule has 0 bridgehead atoms. The summed E-state index contributed by atoms with van der Waals surface area (Å²) in [5.74, 6) is -0.374. The third kappa shape index (κ3) is 2.70. The van der Waals surface area contributed by atoms with Gasteiger partial charge < -0.3 is 9.84 Å². The predicted octanol–water partition coefficient (Wildman–Crippen LogP) is 1.66. The normalized spacial score (nSPS) is 9.86. The lowest BCUT2D eigenvalue weighted by Crippen LogP contribution is -2.07. The van der Waals surface area contributed by atoms with Crippen LogP contribution in [0.5, 0.6) is 5.75 Å². The second kappa shape index (κ2) is 4.95. The molecule has 76 valence electrons. The molecule has 0 aromatic carbocycles. The van der Waals surface area contributed by atoms with Gasteiger partial charge in [0.15, 0.2) is 5.75 Å². The lowest BCUT2D eigenvalue weighted by molar-refractivity contribution is -0.142. The molecule has 4 nitrogen and oxygen atoms in total. The molecule has 0 saturated carbocycles. The van der Waals surface area contributed by atoms with Gasteiger partial charge in [-0.05, 0) is 28.9 Å². The Morgan fingerprint density at radius 3 is 3.07 bits per heavy atom. The van der Waals surface area contributed by atoms with Crippen molar-refractivity contribution in [3.63, 3.8) is 0 Å². The highest BCUT2D eigenvalue weighted by Crippen LogP contribution is 2.25. The summed E-state index contributed by atoms with van der Waals surface area (Å²) >= 11 is 3.06. The molecule has 1 aromatic heterocycles. The Kier molecular flexibility index (Phi) is 3.88. The van der Waals surface area contributed by atoms with Crippen LogP contribution in [0, 0.1) is 0 Å². The number of aromatic nitrogens is 1. The van der Waals surface area contributed by atoms with Crippen molar-refractivity contribution >= 4 is 21.9 Å². The molecule has 1 aromatic rings. The van der Waals surface area contributed by atoms with Crippen molar-refractivity contribution in [2.45, 2.75) is 13.3 Å². The van der Waals surface area contributed by atoms with Crippen LogP contribution in [-0.2, 0) is 16.0 Å². The Morgan fingerprint density at radius 2 is 2.43 bits per heavy atom. The van der Waals surface area contributed by atoms with E-state index in [1.807, 2.05) is 0 Å². The van der Waals surface area contributed by atoms with Gasteiger partial charge in [-0.25, -0.2) is 4.98 Å². The molecule has 0 saturated heterocycles. The first-order chi connectivity index (χ1) is 6.65. The van der Waals surface area contributed by atoms with Crippen LogP contribution in [-0.4, -0.2) is 22.7 Å². The largest absolute Gasteiger partial charge is 0.505 e. The van der Waals surface area contributed by atoms with E-state index < -0.39 is 0 Å². The van der Waals surface area contributed by atoms with Gasteiger partial charge in [-0.2, -0.15) is 0 Å². The fourth-order valence-electron chi connectivity index (χ4n) is 0.975. The summed E-state index contributed by atoms with van der Waals surface area (Å²) < 4.78 is 5.09. The molecule has 0 spiro atoms. The molecule has 0 aliphatic carbocycles. The minimum Gasteiger partial charge on any atom is -0.505 e. The van der Waals surface area contributed by atoms with Crippen LogP contribution in [0.15, 0.2) is 16.9 Å². The lowest BCUT2D eigenvalue weighted by atomic mass is 10.2. The molecule has 0 aliphatic heterocycles. The van der Waals surface area contributed by atoms with Gasteiger partial charge >= 0.3 is 5.97 Å². The Hall–Kier alpha value is -1.10. The van der Waals surface area contributed by atoms with Crippen LogP contribution < -0.4 is 0 Å². The average Bonchev–Trinajstić information content (AvgIpc) is 2.13. The fourth-order valence-corrected chi connectivity index (χ4v) is 1.35. The number of rotatable bonds is 3. The van der Waals surface area contributed by atoms with E-state index in [1.165, 1.54) is 6.20 Å². The van der Waals surface area contributed by atoms with E-state index in [-0.39, 0.29) is 18.1 Å². The first-order valence-electron chi connectivity index (χ1n) is 4.13. The van der Waals surface area contributed by atoms with E-state index >= 15 is 0 Å². The molecule has 1 N–H and O–H groups in total. The molecule has 0 atom stereocenters. The van der Waals surface area contributed by atoms with E-state index in [2.05, 4.69) is 20.9 Å². The molecule has 1 heterocycles. The van der Waals surface area contributed by atoms with Crippen molar-refractivity contribution in [3.8, 4) is 5.75 Å². The van der Waals surface area contributed by atoms with Crippen LogP contribution in [0.2, 0.25) is 0 Å². The van der Waals surface area contributed by atoms with Gasteiger partial charge in [-0.3, -0.25) is 4.79 Å². The summed E-state index contributed by atoms with van der Waals surface area (Å²) in [6.45, 7) is 2.08. The van der Waals surface area contributed by atoms with Crippen molar-refractivity contribution in [1.82, 2.24) is 4.98 Å². The standard InChI is InChI=1S/C9H10BrNO3/c1-2-14-7(12)5-6-3-4-11-9(10)8(6)13/h3-4,13H,2,5H2,1H3. The zero-order valence-corrected chi connectivity index (χ0v) is 9.24. The van der Waals surface area contributed by atoms with E-state index in [0.29, 0.717) is 16.8 Å². The maximum absolute atomic E-state index is 11.1. The van der Waals surface area contributed by atoms with Gasteiger partial charge in [-0.15, -0.1) is 0 Å². The van der Waals surface area contributed by atoms with Crippen LogP contribution in [0.3, 0.4) is 0 Å². The van der Waals surface area contributed by atoms with Crippen molar-refractivity contribution in [3.05, 3.63) is 22.4 Å². The Labute approximate surface area is 90.0 Å². The topological polar surface area (TPSA) is 59.4 Å². The zero-order valence-electron chi connectivity index (χ0n) is 7.66. The number of esters is 1. The van der Waals surface area contributed by atoms with Crippen LogP contribution in [0.1, 0.15) is 12.5 Å². The summed E-state index contributed by atoms with van der Waals surface area (Å²) in [4.78, 5) is 14.9. The highest BCUT2D eigenvalue weighted by atomic mass is 79.9. The molecular formula is C9H10BrNO3. The van der Waals surface area contributed by atoms with Crippen molar-refractivity contribution in [2.75, 3.05) is 6.61 Å². The van der Waals surface area contributed by atoms with Crippen LogP contribution in [0.25, 0.3) is 0 Å². The number of carbonyl (C=O) groups is 1. The van der Waals surface area contributed by atoms with Crippen LogP contribution >= 0.6 is 15.9 Å². The number of ether oxygens (including phenoxy) is 1. The highest BCUT2D eigenvalue weighted by molar-refractivity contribution is 9.10. The van der Waals surface area contributed by atoms with E-state index in [0.717, 1.165) is 0 Å². The average molecular weight is 260 g/mol. The fraction of sp³-hybridized carbons (Fsp3) is 0.333. The van der Waals surface area contributed by atoms with Gasteiger partial charge in [0.2, 0.25) is 0 Å². The highest BCUT2D eigenvalue weighted by Gasteiger charge is 2.10. The third-order valence-corrected chi connectivity index (χ3v) is 2.18. The van der Waals surface area contributed by atoms with Crippen molar-refractivity contribution < 1.29 is 14.6 Å². The Balaban J connectivity index is 2.76. The predicted molar refractivity (Wildman–Crippen MR) is 53.9 cm³/mol. The summed E-state index contributed by atoms with van der Waals surface area (Å²) in [5.41, 5.74) is 0.505. The van der Waals surface area contributed by atoms with Gasteiger partial charge in [0.25, 0.3) is 0 Å². The number of carbonyl (C=O) groups excluding carboxylic acids is 1. The minimum absolute atomic E-state index is 0.0134. The molecule has 14 heavy (non-hydrogen) atoms. The molecule has 0 amide bonds. The lowest BCUT2D eigenvalue weighted by Gasteiger charge is -2.04. The van der Waals surface area contributed by atoms with Gasteiger partial charge in [-0.1, -0.05) is 0 Å². The second-order valence-corrected chi connectivity index (χ2v) is 3.34. The van der Waals surface area contributed by atoms with Crippen LogP contribution in [0.4, 0.5) is 0 Å². The van der Waals surface area contributed by atoms with E-state index in [4.69, 9.17) is 4.74 Å². The molecule has 0 fully saturated rings. The molecule has 0 unspecified atom stereocenters. The van der Waals surface area contributed by atoms with Gasteiger partial charge in [0.1, 0.15) is 4.60 Å². The SMILES string of the molecule is CCOC(=O)Cc1ccnc(Br)c1O. The van der Waals surface area contributed by atoms with E-state index in [9.17, 15) is 9.90 Å². The Bertz CT molecular complexity index is 341. The Morgan fingerprint density at radius 1 is 1.71 bits per heavy atom. The first kappa shape index (κ1) is 11.0. The van der Waals surface area contributed by atoms with E-state index in [1.54, 1.807) is 13.0 Å². The van der Waals surface area contributed by atoms with Crippen molar-refractivity contribution in [2.24, 2.45) is 0 Å². The molecule has 0 radical (unpaired) electrons. The zero-order chi connectivity index (χ0) is 10.6. The van der Waals surface area contributed by atoms with Gasteiger partial charge in [0.05, 0.1) is 13.0 Å². The maximum atomic E-state index is 11.1. The molecular weight excluding hydrogens is 250 g/mol. The molecule has 1 rings (SSSR count). The summed E-state index contributed by atoms with van der Waals surface area (Å²) in [5, 5.41) is 9.50. The number of aromatic hydroxyl groups is 1. The quantitative estimate of drug-likeness (QED) is 0.663. The summed E-state index contributed by atoms with van der Waals surface area (Å²) in [6.07, 6.45) is 1.57. The maximum Gasteiger partial charge on any atom is 0.310 e. The van der Waals surface area contributed by atoms with Gasteiger partial charge in [0, 0.05) is 11.8 Å². The first-order valence-corrected chi connectivity index (χ1v) is 4.92. The second-order valence-electron chi connectivity index (χ2n) is 2.59. The number of hydrogen-bond acceptors (Lipinski definition) is 4. The monoisotopic (exact) mass is 259 g/mol. The summed E-state index contributed by atoms with van der Waals surface area (Å²) in [6, 6.07) is 1.58. The third-order valence-electron chi connectivity index (χ3n) is 1.60. The smallest absolute Gasteiger partial charge is 0.310 e. The number of nitrogens with zero attached hydrogens (tertiary/aromatic N) is 1. The summed E-state index contributed by atoms with van der Waals surface area (Å²) in [7, 11) is 0. The minimum atomic E-state index is -0.360. The number of halogens is 1. The number of hydrogen-bond donors (Lipinski definition) is 1. The van der Waals surface area contributed by atoms with Crippen molar-refractivity contribution in [1.29, 1.82) is 0 Å².